The van der Waals surface area contributed by atoms with Crippen LogP contribution in [0.1, 0.15) is 15.9 Å². The summed E-state index contributed by atoms with van der Waals surface area (Å²) in [5.74, 6) is -0.398. The molecule has 0 radical (unpaired) electrons. The van der Waals surface area contributed by atoms with Crippen molar-refractivity contribution in [2.75, 3.05) is 7.11 Å². The van der Waals surface area contributed by atoms with E-state index in [4.69, 9.17) is 4.74 Å². The van der Waals surface area contributed by atoms with E-state index in [1.54, 1.807) is 22.6 Å². The van der Waals surface area contributed by atoms with E-state index in [-0.39, 0.29) is 5.56 Å². The number of aryl methyl sites for hydroxylation is 1. The Labute approximate surface area is 108 Å². The molecule has 1 N–H and O–H groups in total. The van der Waals surface area contributed by atoms with Gasteiger partial charge in [0.25, 0.3) is 5.56 Å². The van der Waals surface area contributed by atoms with Crippen molar-refractivity contribution in [1.82, 2.24) is 9.38 Å². The Bertz CT molecular complexity index is 858. The maximum atomic E-state index is 11.9. The Hall–Kier alpha value is -2.56. The van der Waals surface area contributed by atoms with Crippen molar-refractivity contribution in [2.45, 2.75) is 6.92 Å². The fourth-order valence-corrected chi connectivity index (χ4v) is 2.24. The van der Waals surface area contributed by atoms with E-state index in [1.165, 1.54) is 7.11 Å². The molecule has 0 aliphatic carbocycles. The first-order valence-corrected chi connectivity index (χ1v) is 5.83. The van der Waals surface area contributed by atoms with Crippen LogP contribution in [-0.4, -0.2) is 22.5 Å². The molecule has 0 spiro atoms. The minimum absolute atomic E-state index is 0.147. The first-order chi connectivity index (χ1) is 9.10. The lowest BCUT2D eigenvalue weighted by Gasteiger charge is -2.05. The van der Waals surface area contributed by atoms with Crippen LogP contribution in [0.5, 0.6) is 0 Å². The molecule has 0 fully saturated rings. The number of hydrogen-bond donors (Lipinski definition) is 1. The van der Waals surface area contributed by atoms with Crippen molar-refractivity contribution in [2.24, 2.45) is 0 Å². The first kappa shape index (κ1) is 11.5. The quantitative estimate of drug-likeness (QED) is 0.676. The second-order valence-electron chi connectivity index (χ2n) is 4.45. The number of benzene rings is 1. The summed E-state index contributed by atoms with van der Waals surface area (Å²) in [4.78, 5) is 26.3. The van der Waals surface area contributed by atoms with Gasteiger partial charge in [-0.05, 0) is 36.8 Å². The van der Waals surface area contributed by atoms with E-state index < -0.39 is 5.97 Å². The van der Waals surface area contributed by atoms with Crippen LogP contribution in [0.3, 0.4) is 0 Å². The van der Waals surface area contributed by atoms with Gasteiger partial charge in [-0.2, -0.15) is 0 Å². The highest BCUT2D eigenvalue weighted by atomic mass is 16.5. The van der Waals surface area contributed by atoms with Gasteiger partial charge in [0, 0.05) is 6.20 Å². The van der Waals surface area contributed by atoms with Crippen molar-refractivity contribution >= 4 is 22.5 Å². The molecule has 19 heavy (non-hydrogen) atoms. The maximum Gasteiger partial charge on any atom is 0.337 e. The molecule has 0 amide bonds. The number of rotatable bonds is 1. The van der Waals surface area contributed by atoms with Crippen molar-refractivity contribution in [3.8, 4) is 0 Å². The van der Waals surface area contributed by atoms with E-state index in [0.717, 1.165) is 11.1 Å². The number of aromatic amines is 1. The zero-order valence-corrected chi connectivity index (χ0v) is 10.6. The van der Waals surface area contributed by atoms with Crippen molar-refractivity contribution < 1.29 is 9.53 Å². The topological polar surface area (TPSA) is 63.6 Å². The molecule has 1 aromatic carbocycles. The molecule has 0 unspecified atom stereocenters. The highest BCUT2D eigenvalue weighted by Crippen LogP contribution is 2.17. The van der Waals surface area contributed by atoms with E-state index in [9.17, 15) is 9.59 Å². The fraction of sp³-hybridized carbons (Fsp3) is 0.143. The second-order valence-corrected chi connectivity index (χ2v) is 4.45. The molecule has 0 bridgehead atoms. The minimum Gasteiger partial charge on any atom is -0.465 e. The second kappa shape index (κ2) is 3.98. The van der Waals surface area contributed by atoms with Crippen LogP contribution >= 0.6 is 0 Å². The van der Waals surface area contributed by atoms with Crippen LogP contribution in [0.25, 0.3) is 16.6 Å². The molecule has 2 aromatic heterocycles. The van der Waals surface area contributed by atoms with Gasteiger partial charge in [-0.25, -0.2) is 4.79 Å². The summed E-state index contributed by atoms with van der Waals surface area (Å²) in [6.07, 6.45) is 1.87. The first-order valence-electron chi connectivity index (χ1n) is 5.83. The summed E-state index contributed by atoms with van der Waals surface area (Å²) in [5, 5.41) is 0. The average Bonchev–Trinajstić information content (AvgIpc) is 2.80. The summed E-state index contributed by atoms with van der Waals surface area (Å²) >= 11 is 0. The van der Waals surface area contributed by atoms with Crippen LogP contribution in [0, 0.1) is 6.92 Å². The Balaban J connectivity index is 2.43. The van der Waals surface area contributed by atoms with Crippen molar-refractivity contribution in [1.29, 1.82) is 0 Å². The normalized spacial score (nSPS) is 11.1. The van der Waals surface area contributed by atoms with Crippen LogP contribution in [0.2, 0.25) is 0 Å². The zero-order chi connectivity index (χ0) is 13.6. The lowest BCUT2D eigenvalue weighted by Crippen LogP contribution is -2.10. The average molecular weight is 256 g/mol. The monoisotopic (exact) mass is 256 g/mol. The van der Waals surface area contributed by atoms with Crippen LogP contribution < -0.4 is 5.56 Å². The lowest BCUT2D eigenvalue weighted by molar-refractivity contribution is 0.0601. The molecule has 0 aliphatic heterocycles. The van der Waals surface area contributed by atoms with E-state index in [1.807, 2.05) is 19.2 Å². The molecule has 0 aliphatic rings. The zero-order valence-electron chi connectivity index (χ0n) is 10.6. The fourth-order valence-electron chi connectivity index (χ4n) is 2.24. The predicted octanol–water partition coefficient (Wildman–Crippen LogP) is 1.88. The molecule has 2 heterocycles. The Kier molecular flexibility index (Phi) is 2.41. The highest BCUT2D eigenvalue weighted by Gasteiger charge is 2.10. The third kappa shape index (κ3) is 1.71. The van der Waals surface area contributed by atoms with Gasteiger partial charge in [0.15, 0.2) is 0 Å². The number of nitrogens with one attached hydrogen (secondary N) is 1. The van der Waals surface area contributed by atoms with E-state index in [2.05, 4.69) is 4.98 Å². The number of nitrogens with zero attached hydrogens (tertiary/aromatic N) is 1. The van der Waals surface area contributed by atoms with Crippen LogP contribution in [-0.2, 0) is 4.74 Å². The number of H-pyrrole nitrogens is 1. The molecule has 96 valence electrons. The molecule has 5 heteroatoms. The number of aromatic nitrogens is 2. The van der Waals surface area contributed by atoms with Gasteiger partial charge in [-0.3, -0.25) is 4.79 Å². The SMILES string of the molecule is COC(=O)c1ccc2[nH]c(=O)c3cc(C)cn3c2c1. The third-order valence-corrected chi connectivity index (χ3v) is 3.12. The van der Waals surface area contributed by atoms with Crippen molar-refractivity contribution in [3.63, 3.8) is 0 Å². The Morgan fingerprint density at radius 3 is 2.79 bits per heavy atom. The van der Waals surface area contributed by atoms with Crippen LogP contribution in [0.15, 0.2) is 35.3 Å². The largest absolute Gasteiger partial charge is 0.465 e. The van der Waals surface area contributed by atoms with Gasteiger partial charge in [-0.1, -0.05) is 0 Å². The van der Waals surface area contributed by atoms with Gasteiger partial charge in [-0.15, -0.1) is 0 Å². The Morgan fingerprint density at radius 2 is 2.05 bits per heavy atom. The lowest BCUT2D eigenvalue weighted by atomic mass is 10.2. The predicted molar refractivity (Wildman–Crippen MR) is 71.6 cm³/mol. The summed E-state index contributed by atoms with van der Waals surface area (Å²) in [6, 6.07) is 6.86. The molecule has 3 aromatic rings. The van der Waals surface area contributed by atoms with Gasteiger partial charge >= 0.3 is 5.97 Å². The maximum absolute atomic E-state index is 11.9. The molecule has 3 rings (SSSR count). The van der Waals surface area contributed by atoms with Crippen molar-refractivity contribution in [3.05, 3.63) is 51.9 Å². The molecule has 5 nitrogen and oxygen atoms in total. The Morgan fingerprint density at radius 1 is 1.26 bits per heavy atom. The number of hydrogen-bond acceptors (Lipinski definition) is 3. The smallest absolute Gasteiger partial charge is 0.337 e. The van der Waals surface area contributed by atoms with Gasteiger partial charge in [0.1, 0.15) is 5.52 Å². The molecular formula is C14H12N2O3. The van der Waals surface area contributed by atoms with E-state index >= 15 is 0 Å². The summed E-state index contributed by atoms with van der Waals surface area (Å²) in [5.41, 5.74) is 3.31. The molecule has 0 saturated heterocycles. The van der Waals surface area contributed by atoms with E-state index in [0.29, 0.717) is 16.6 Å². The summed E-state index contributed by atoms with van der Waals surface area (Å²) < 4.78 is 6.49. The minimum atomic E-state index is -0.398. The number of carbonyl (C=O) groups excluding carboxylic acids is 1. The third-order valence-electron chi connectivity index (χ3n) is 3.12. The number of carbonyl (C=O) groups is 1. The standard InChI is InChI=1S/C14H12N2O3/c1-8-5-12-13(17)15-10-4-3-9(14(18)19-2)6-11(10)16(12)7-8/h3-7H,1-2H3,(H,15,17). The van der Waals surface area contributed by atoms with Gasteiger partial charge in [0.2, 0.25) is 0 Å². The number of esters is 1. The molecular weight excluding hydrogens is 244 g/mol. The van der Waals surface area contributed by atoms with Gasteiger partial charge in [0.05, 0.1) is 23.7 Å². The number of methoxy groups -OCH3 is 1. The van der Waals surface area contributed by atoms with Gasteiger partial charge < -0.3 is 14.1 Å². The number of ether oxygens (including phenoxy) is 1. The molecule has 0 atom stereocenters. The molecule has 0 saturated carbocycles. The van der Waals surface area contributed by atoms with Crippen LogP contribution in [0.4, 0.5) is 0 Å². The summed E-state index contributed by atoms with van der Waals surface area (Å²) in [6.45, 7) is 1.92. The highest BCUT2D eigenvalue weighted by molar-refractivity contribution is 5.94. The summed E-state index contributed by atoms with van der Waals surface area (Å²) in [7, 11) is 1.34. The number of fused-ring (bicyclic) bond motifs is 3.